The summed E-state index contributed by atoms with van der Waals surface area (Å²) < 4.78 is 6.70. The van der Waals surface area contributed by atoms with E-state index in [0.29, 0.717) is 0 Å². The second kappa shape index (κ2) is 4.38. The molecule has 4 atom stereocenters. The molecule has 3 heterocycles. The topological polar surface area (TPSA) is 133 Å². The highest BCUT2D eigenvalue weighted by Gasteiger charge is 2.43. The normalized spacial score (nSPS) is 31.1. The third-order valence-electron chi connectivity index (χ3n) is 3.17. The smallest absolute Gasteiger partial charge is 0.298 e. The molecule has 102 valence electrons. The first-order valence-corrected chi connectivity index (χ1v) is 5.66. The molecule has 9 heteroatoms. The van der Waals surface area contributed by atoms with E-state index in [-0.39, 0.29) is 11.2 Å². The predicted octanol–water partition coefficient (Wildman–Crippen LogP) is -2.27. The Labute approximate surface area is 106 Å². The summed E-state index contributed by atoms with van der Waals surface area (Å²) in [4.78, 5) is 21.7. The number of ether oxygens (including phenoxy) is 1. The average molecular weight is 268 g/mol. The summed E-state index contributed by atoms with van der Waals surface area (Å²) in [6.07, 6.45) is -1.82. The van der Waals surface area contributed by atoms with Gasteiger partial charge in [-0.05, 0) is 0 Å². The van der Waals surface area contributed by atoms with Crippen molar-refractivity contribution in [1.29, 1.82) is 0 Å². The molecule has 0 bridgehead atoms. The number of aliphatic hydroxyl groups excluding tert-OH is 3. The summed E-state index contributed by atoms with van der Waals surface area (Å²) in [5.41, 5.74) is -0.0365. The molecule has 0 aromatic carbocycles. The van der Waals surface area contributed by atoms with Crippen molar-refractivity contribution in [2.45, 2.75) is 24.5 Å². The molecule has 0 amide bonds. The maximum atomic E-state index is 11.5. The largest absolute Gasteiger partial charge is 0.394 e. The van der Waals surface area contributed by atoms with Gasteiger partial charge in [-0.2, -0.15) is 4.98 Å². The number of aromatic amines is 1. The van der Waals surface area contributed by atoms with E-state index >= 15 is 0 Å². The highest BCUT2D eigenvalue weighted by molar-refractivity contribution is 5.68. The fourth-order valence-corrected chi connectivity index (χ4v) is 2.17. The van der Waals surface area contributed by atoms with E-state index in [9.17, 15) is 15.0 Å². The molecule has 3 rings (SSSR count). The van der Waals surface area contributed by atoms with Crippen molar-refractivity contribution in [2.75, 3.05) is 6.61 Å². The van der Waals surface area contributed by atoms with Gasteiger partial charge in [-0.3, -0.25) is 9.36 Å². The van der Waals surface area contributed by atoms with Crippen LogP contribution in [0.2, 0.25) is 0 Å². The van der Waals surface area contributed by atoms with Crippen LogP contribution in [-0.4, -0.2) is 59.8 Å². The van der Waals surface area contributed by atoms with Crippen LogP contribution in [0.3, 0.4) is 0 Å². The molecule has 0 aliphatic carbocycles. The van der Waals surface area contributed by atoms with Gasteiger partial charge in [-0.15, -0.1) is 0 Å². The van der Waals surface area contributed by atoms with E-state index in [1.54, 1.807) is 0 Å². The third-order valence-corrected chi connectivity index (χ3v) is 3.17. The van der Waals surface area contributed by atoms with Crippen molar-refractivity contribution >= 4 is 11.2 Å². The standard InChI is InChI=1S/C10H12N4O5/c15-1-4-6(16)7(17)10(19-4)14-3-13-9(18)5-8(14)12-2-11-5/h2-4,6-7,10,15-17H,1H2,(H,11,12)/t4-,6-,7+,10?/m1/s1. The van der Waals surface area contributed by atoms with Crippen LogP contribution in [0.1, 0.15) is 6.23 Å². The lowest BCUT2D eigenvalue weighted by Gasteiger charge is -2.17. The number of nitrogens with one attached hydrogen (secondary N) is 1. The zero-order valence-electron chi connectivity index (χ0n) is 9.67. The Kier molecular flexibility index (Phi) is 2.82. The summed E-state index contributed by atoms with van der Waals surface area (Å²) in [6.45, 7) is -0.425. The SMILES string of the molecule is O=c1ncn(C2O[C@H](CO)[C@@H](O)[C@@H]2O)c2nc[nH]c12. The van der Waals surface area contributed by atoms with Gasteiger partial charge >= 0.3 is 0 Å². The molecule has 1 saturated heterocycles. The van der Waals surface area contributed by atoms with Gasteiger partial charge in [0.1, 0.15) is 24.6 Å². The molecule has 19 heavy (non-hydrogen) atoms. The Bertz CT molecular complexity index is 653. The molecular weight excluding hydrogens is 256 g/mol. The maximum absolute atomic E-state index is 11.5. The maximum Gasteiger partial charge on any atom is 0.298 e. The van der Waals surface area contributed by atoms with Crippen molar-refractivity contribution < 1.29 is 20.1 Å². The molecule has 1 unspecified atom stereocenters. The lowest BCUT2D eigenvalue weighted by Crippen LogP contribution is -2.33. The van der Waals surface area contributed by atoms with Crippen molar-refractivity contribution in [3.63, 3.8) is 0 Å². The fraction of sp³-hybridized carbons (Fsp3) is 0.500. The van der Waals surface area contributed by atoms with Crippen molar-refractivity contribution in [3.05, 3.63) is 23.0 Å². The van der Waals surface area contributed by atoms with E-state index in [2.05, 4.69) is 15.0 Å². The van der Waals surface area contributed by atoms with Crippen molar-refractivity contribution in [1.82, 2.24) is 19.5 Å². The van der Waals surface area contributed by atoms with Crippen LogP contribution in [0, 0.1) is 0 Å². The number of hydrogen-bond donors (Lipinski definition) is 4. The zero-order valence-corrected chi connectivity index (χ0v) is 9.67. The number of rotatable bonds is 2. The Balaban J connectivity index is 2.08. The summed E-state index contributed by atoms with van der Waals surface area (Å²) >= 11 is 0. The fourth-order valence-electron chi connectivity index (χ4n) is 2.17. The third kappa shape index (κ3) is 1.75. The Morgan fingerprint density at radius 1 is 1.37 bits per heavy atom. The molecule has 0 spiro atoms. The zero-order chi connectivity index (χ0) is 13.6. The van der Waals surface area contributed by atoms with E-state index in [1.807, 2.05) is 0 Å². The molecular formula is C10H12N4O5. The lowest BCUT2D eigenvalue weighted by molar-refractivity contribution is -0.0515. The number of fused-ring (bicyclic) bond motifs is 1. The molecule has 1 aliphatic rings. The number of hydrogen-bond acceptors (Lipinski definition) is 7. The van der Waals surface area contributed by atoms with E-state index < -0.39 is 36.7 Å². The van der Waals surface area contributed by atoms with Crippen LogP contribution in [0.5, 0.6) is 0 Å². The van der Waals surface area contributed by atoms with E-state index in [1.165, 1.54) is 17.2 Å². The first kappa shape index (κ1) is 12.2. The Hall–Kier alpha value is -1.81. The van der Waals surface area contributed by atoms with Crippen LogP contribution < -0.4 is 5.56 Å². The highest BCUT2D eigenvalue weighted by atomic mass is 16.6. The van der Waals surface area contributed by atoms with Crippen molar-refractivity contribution in [3.8, 4) is 0 Å². The van der Waals surface area contributed by atoms with E-state index in [4.69, 9.17) is 9.84 Å². The van der Waals surface area contributed by atoms with E-state index in [0.717, 1.165) is 0 Å². The highest BCUT2D eigenvalue weighted by Crippen LogP contribution is 2.30. The molecule has 1 fully saturated rings. The minimum Gasteiger partial charge on any atom is -0.394 e. The molecule has 2 aromatic rings. The molecule has 4 N–H and O–H groups in total. The van der Waals surface area contributed by atoms with Gasteiger partial charge in [0.05, 0.1) is 12.9 Å². The molecule has 0 radical (unpaired) electrons. The first-order chi connectivity index (χ1) is 9.13. The Morgan fingerprint density at radius 3 is 2.84 bits per heavy atom. The molecule has 0 saturated carbocycles. The number of H-pyrrole nitrogens is 1. The summed E-state index contributed by atoms with van der Waals surface area (Å²) in [7, 11) is 0. The predicted molar refractivity (Wildman–Crippen MR) is 61.2 cm³/mol. The number of aliphatic hydroxyl groups is 3. The van der Waals surface area contributed by atoms with Crippen LogP contribution >= 0.6 is 0 Å². The van der Waals surface area contributed by atoms with Gasteiger partial charge in [-0.25, -0.2) is 4.98 Å². The number of nitrogens with zero attached hydrogens (tertiary/aromatic N) is 3. The Morgan fingerprint density at radius 2 is 2.16 bits per heavy atom. The van der Waals surface area contributed by atoms with Crippen LogP contribution in [0.15, 0.2) is 17.4 Å². The van der Waals surface area contributed by atoms with Gasteiger partial charge in [-0.1, -0.05) is 0 Å². The van der Waals surface area contributed by atoms with Gasteiger partial charge in [0.2, 0.25) is 0 Å². The minimum absolute atomic E-state index is 0.181. The van der Waals surface area contributed by atoms with Gasteiger partial charge in [0.15, 0.2) is 17.4 Å². The summed E-state index contributed by atoms with van der Waals surface area (Å²) in [5.74, 6) is 0. The molecule has 1 aliphatic heterocycles. The van der Waals surface area contributed by atoms with Gasteiger partial charge < -0.3 is 25.0 Å². The average Bonchev–Trinajstić information content (AvgIpc) is 2.99. The van der Waals surface area contributed by atoms with Crippen LogP contribution in [0.25, 0.3) is 11.2 Å². The van der Waals surface area contributed by atoms with Crippen LogP contribution in [-0.2, 0) is 4.74 Å². The van der Waals surface area contributed by atoms with Gasteiger partial charge in [0.25, 0.3) is 5.56 Å². The summed E-state index contributed by atoms with van der Waals surface area (Å²) in [5, 5.41) is 28.7. The van der Waals surface area contributed by atoms with Gasteiger partial charge in [0, 0.05) is 0 Å². The molecule has 2 aromatic heterocycles. The first-order valence-electron chi connectivity index (χ1n) is 5.66. The quantitative estimate of drug-likeness (QED) is 0.482. The molecule has 9 nitrogen and oxygen atoms in total. The number of aromatic nitrogens is 4. The van der Waals surface area contributed by atoms with Crippen molar-refractivity contribution in [2.24, 2.45) is 0 Å². The number of imidazole rings is 1. The lowest BCUT2D eigenvalue weighted by atomic mass is 10.1. The monoisotopic (exact) mass is 268 g/mol. The van der Waals surface area contributed by atoms with Crippen LogP contribution in [0.4, 0.5) is 0 Å². The summed E-state index contributed by atoms with van der Waals surface area (Å²) in [6, 6.07) is 0. The second-order valence-corrected chi connectivity index (χ2v) is 4.29. The minimum atomic E-state index is -1.25. The second-order valence-electron chi connectivity index (χ2n) is 4.29.